The summed E-state index contributed by atoms with van der Waals surface area (Å²) < 4.78 is 0. The van der Waals surface area contributed by atoms with Crippen molar-refractivity contribution in [2.45, 2.75) is 6.42 Å². The maximum Gasteiger partial charge on any atom is 0.269 e. The minimum atomic E-state index is -0.465. The van der Waals surface area contributed by atoms with Crippen molar-refractivity contribution in [3.63, 3.8) is 0 Å². The lowest BCUT2D eigenvalue weighted by Gasteiger charge is -2.19. The van der Waals surface area contributed by atoms with Crippen molar-refractivity contribution in [2.24, 2.45) is 0 Å². The van der Waals surface area contributed by atoms with E-state index in [-0.39, 0.29) is 18.0 Å². The number of hydrogen-bond donors (Lipinski definition) is 0. The highest BCUT2D eigenvalue weighted by Crippen LogP contribution is 2.13. The molecule has 100 valence electrons. The molecular weight excluding hydrogens is 244 g/mol. The first kappa shape index (κ1) is 14.6. The Kier molecular flexibility index (Phi) is 5.47. The summed E-state index contributed by atoms with van der Waals surface area (Å²) in [5, 5.41) is 10.5. The van der Waals surface area contributed by atoms with Crippen LogP contribution in [0.1, 0.15) is 5.56 Å². The number of rotatable bonds is 7. The minimum Gasteiger partial charge on any atom is -0.335 e. The second-order valence-electron chi connectivity index (χ2n) is 3.98. The van der Waals surface area contributed by atoms with E-state index < -0.39 is 4.92 Å². The number of amides is 1. The molecule has 0 aliphatic heterocycles. The molecule has 0 spiro atoms. The van der Waals surface area contributed by atoms with E-state index in [0.717, 1.165) is 5.56 Å². The van der Waals surface area contributed by atoms with Gasteiger partial charge in [0, 0.05) is 25.2 Å². The molecule has 0 fully saturated rings. The van der Waals surface area contributed by atoms with Crippen molar-refractivity contribution in [2.75, 3.05) is 13.1 Å². The van der Waals surface area contributed by atoms with Crippen LogP contribution in [0, 0.1) is 10.1 Å². The maximum atomic E-state index is 12.0. The summed E-state index contributed by atoms with van der Waals surface area (Å²) in [6, 6.07) is 5.98. The molecule has 5 heteroatoms. The van der Waals surface area contributed by atoms with Crippen molar-refractivity contribution in [1.82, 2.24) is 4.90 Å². The van der Waals surface area contributed by atoms with Gasteiger partial charge in [0.15, 0.2) is 0 Å². The van der Waals surface area contributed by atoms with Crippen LogP contribution >= 0.6 is 0 Å². The average molecular weight is 260 g/mol. The standard InChI is InChI=1S/C14H16N2O3/c1-3-9-15(10-4-2)14(17)11-12-5-7-13(8-6-12)16(18)19/h3-8H,1-2,9-11H2. The lowest BCUT2D eigenvalue weighted by Crippen LogP contribution is -2.32. The Morgan fingerprint density at radius 1 is 1.21 bits per heavy atom. The molecular formula is C14H16N2O3. The molecule has 0 aromatic heterocycles. The highest BCUT2D eigenvalue weighted by molar-refractivity contribution is 5.79. The molecule has 5 nitrogen and oxygen atoms in total. The SMILES string of the molecule is C=CCN(CC=C)C(=O)Cc1ccc([N+](=O)[O-])cc1. The molecule has 1 aromatic rings. The largest absolute Gasteiger partial charge is 0.335 e. The molecule has 1 aromatic carbocycles. The number of benzene rings is 1. The van der Waals surface area contributed by atoms with E-state index in [1.54, 1.807) is 29.2 Å². The van der Waals surface area contributed by atoms with E-state index in [9.17, 15) is 14.9 Å². The summed E-state index contributed by atoms with van der Waals surface area (Å²) in [5.74, 6) is -0.0614. The highest BCUT2D eigenvalue weighted by Gasteiger charge is 2.12. The Morgan fingerprint density at radius 2 is 1.74 bits per heavy atom. The van der Waals surface area contributed by atoms with Crippen LogP contribution < -0.4 is 0 Å². The normalized spacial score (nSPS) is 9.68. The Hall–Kier alpha value is -2.43. The lowest BCUT2D eigenvalue weighted by molar-refractivity contribution is -0.384. The van der Waals surface area contributed by atoms with Crippen molar-refractivity contribution < 1.29 is 9.72 Å². The fraction of sp³-hybridized carbons (Fsp3) is 0.214. The molecule has 19 heavy (non-hydrogen) atoms. The second-order valence-corrected chi connectivity index (χ2v) is 3.98. The third kappa shape index (κ3) is 4.39. The zero-order valence-electron chi connectivity index (χ0n) is 10.6. The molecule has 0 unspecified atom stereocenters. The quantitative estimate of drug-likeness (QED) is 0.429. The Labute approximate surface area is 112 Å². The zero-order chi connectivity index (χ0) is 14.3. The predicted molar refractivity (Wildman–Crippen MR) is 73.8 cm³/mol. The van der Waals surface area contributed by atoms with Gasteiger partial charge in [0.2, 0.25) is 5.91 Å². The van der Waals surface area contributed by atoms with E-state index in [2.05, 4.69) is 13.2 Å². The van der Waals surface area contributed by atoms with Gasteiger partial charge in [-0.05, 0) is 5.56 Å². The topological polar surface area (TPSA) is 63.5 Å². The van der Waals surface area contributed by atoms with Gasteiger partial charge in [-0.3, -0.25) is 14.9 Å². The van der Waals surface area contributed by atoms with Crippen molar-refractivity contribution in [1.29, 1.82) is 0 Å². The van der Waals surface area contributed by atoms with Crippen molar-refractivity contribution >= 4 is 11.6 Å². The van der Waals surface area contributed by atoms with Gasteiger partial charge in [-0.15, -0.1) is 13.2 Å². The Bertz CT molecular complexity index is 470. The number of hydrogen-bond acceptors (Lipinski definition) is 3. The van der Waals surface area contributed by atoms with Gasteiger partial charge in [0.25, 0.3) is 5.69 Å². The number of nitro benzene ring substituents is 1. The zero-order valence-corrected chi connectivity index (χ0v) is 10.6. The summed E-state index contributed by atoms with van der Waals surface area (Å²) in [4.78, 5) is 23.7. The molecule has 1 rings (SSSR count). The smallest absolute Gasteiger partial charge is 0.269 e. The Balaban J connectivity index is 2.71. The molecule has 0 saturated heterocycles. The minimum absolute atomic E-state index is 0.0187. The van der Waals surface area contributed by atoms with Gasteiger partial charge in [-0.1, -0.05) is 24.3 Å². The first-order chi connectivity index (χ1) is 9.08. The van der Waals surface area contributed by atoms with E-state index in [0.29, 0.717) is 13.1 Å². The number of nitrogens with zero attached hydrogens (tertiary/aromatic N) is 2. The fourth-order valence-electron chi connectivity index (χ4n) is 1.61. The molecule has 0 aliphatic carbocycles. The van der Waals surface area contributed by atoms with E-state index >= 15 is 0 Å². The maximum absolute atomic E-state index is 12.0. The number of carbonyl (C=O) groups is 1. The van der Waals surface area contributed by atoms with Gasteiger partial charge in [-0.2, -0.15) is 0 Å². The van der Waals surface area contributed by atoms with Crippen molar-refractivity contribution in [3.8, 4) is 0 Å². The van der Waals surface area contributed by atoms with Crippen molar-refractivity contribution in [3.05, 3.63) is 65.3 Å². The second kappa shape index (κ2) is 7.10. The Morgan fingerprint density at radius 3 is 2.16 bits per heavy atom. The fourth-order valence-corrected chi connectivity index (χ4v) is 1.61. The van der Waals surface area contributed by atoms with Gasteiger partial charge >= 0.3 is 0 Å². The van der Waals surface area contributed by atoms with Crippen LogP contribution in [0.4, 0.5) is 5.69 Å². The average Bonchev–Trinajstić information content (AvgIpc) is 2.39. The van der Waals surface area contributed by atoms with Gasteiger partial charge in [-0.25, -0.2) is 0 Å². The first-order valence-corrected chi connectivity index (χ1v) is 5.81. The van der Waals surface area contributed by atoms with Crippen LogP contribution in [0.2, 0.25) is 0 Å². The number of carbonyl (C=O) groups excluding carboxylic acids is 1. The summed E-state index contributed by atoms with van der Waals surface area (Å²) in [7, 11) is 0. The predicted octanol–water partition coefficient (Wildman–Crippen LogP) is 2.34. The van der Waals surface area contributed by atoms with Crippen LogP contribution in [0.15, 0.2) is 49.6 Å². The van der Waals surface area contributed by atoms with Crippen LogP contribution in [-0.2, 0) is 11.2 Å². The summed E-state index contributed by atoms with van der Waals surface area (Å²) >= 11 is 0. The molecule has 0 radical (unpaired) electrons. The van der Waals surface area contributed by atoms with Gasteiger partial charge < -0.3 is 4.90 Å². The molecule has 0 bridgehead atoms. The van der Waals surface area contributed by atoms with Gasteiger partial charge in [0.1, 0.15) is 0 Å². The molecule has 0 atom stereocenters. The van der Waals surface area contributed by atoms with E-state index in [1.165, 1.54) is 12.1 Å². The molecule has 0 saturated carbocycles. The number of non-ortho nitro benzene ring substituents is 1. The van der Waals surface area contributed by atoms with Crippen LogP contribution in [0.25, 0.3) is 0 Å². The third-order valence-corrected chi connectivity index (χ3v) is 2.55. The monoisotopic (exact) mass is 260 g/mol. The summed E-state index contributed by atoms with van der Waals surface area (Å²) in [5.41, 5.74) is 0.763. The number of nitro groups is 1. The summed E-state index contributed by atoms with van der Waals surface area (Å²) in [6.07, 6.45) is 3.51. The molecule has 1 amide bonds. The van der Waals surface area contributed by atoms with E-state index in [1.807, 2.05) is 0 Å². The lowest BCUT2D eigenvalue weighted by atomic mass is 10.1. The highest BCUT2D eigenvalue weighted by atomic mass is 16.6. The van der Waals surface area contributed by atoms with Crippen LogP contribution in [-0.4, -0.2) is 28.8 Å². The molecule has 0 heterocycles. The molecule has 0 N–H and O–H groups in total. The third-order valence-electron chi connectivity index (χ3n) is 2.55. The summed E-state index contributed by atoms with van der Waals surface area (Å²) in [6.45, 7) is 8.11. The van der Waals surface area contributed by atoms with Crippen LogP contribution in [0.3, 0.4) is 0 Å². The van der Waals surface area contributed by atoms with Gasteiger partial charge in [0.05, 0.1) is 11.3 Å². The molecule has 0 aliphatic rings. The van der Waals surface area contributed by atoms with Crippen LogP contribution in [0.5, 0.6) is 0 Å². The first-order valence-electron chi connectivity index (χ1n) is 5.81. The van der Waals surface area contributed by atoms with E-state index in [4.69, 9.17) is 0 Å².